The van der Waals surface area contributed by atoms with Crippen LogP contribution in [0.2, 0.25) is 0 Å². The van der Waals surface area contributed by atoms with Crippen LogP contribution in [-0.2, 0) is 19.1 Å². The van der Waals surface area contributed by atoms with Gasteiger partial charge in [0, 0.05) is 32.2 Å². The van der Waals surface area contributed by atoms with Crippen molar-refractivity contribution < 1.29 is 18.0 Å². The summed E-state index contributed by atoms with van der Waals surface area (Å²) in [5, 5.41) is 2.45. The Morgan fingerprint density at radius 2 is 1.71 bits per heavy atom. The van der Waals surface area contributed by atoms with E-state index in [1.165, 1.54) is 29.3 Å². The maximum Gasteiger partial charge on any atom is 0.418 e. The number of carbonyl (C=O) groups is 1. The number of hydrogen-bond donors (Lipinski definition) is 1. The molecule has 0 aliphatic carbocycles. The Kier molecular flexibility index (Phi) is 5.02. The normalized spacial score (nSPS) is 20.1. The van der Waals surface area contributed by atoms with E-state index in [4.69, 9.17) is 0 Å². The number of benzene rings is 2. The molecule has 0 saturated carbocycles. The van der Waals surface area contributed by atoms with Crippen LogP contribution in [0.15, 0.2) is 48.5 Å². The van der Waals surface area contributed by atoms with Crippen LogP contribution in [0.4, 0.5) is 23.7 Å². The molecule has 1 saturated heterocycles. The number of anilines is 1. The van der Waals surface area contributed by atoms with Gasteiger partial charge in [-0.1, -0.05) is 36.4 Å². The average Bonchev–Trinajstić information content (AvgIpc) is 3.17. The number of halogens is 3. The van der Waals surface area contributed by atoms with Crippen LogP contribution in [0.25, 0.3) is 0 Å². The molecular weight excluding hydrogens is 367 g/mol. The molecular formula is C21H22F3N3O. The molecule has 1 fully saturated rings. The first-order valence-corrected chi connectivity index (χ1v) is 9.45. The van der Waals surface area contributed by atoms with Crippen LogP contribution in [0.3, 0.4) is 0 Å². The van der Waals surface area contributed by atoms with Crippen LogP contribution in [0, 0.1) is 0 Å². The predicted octanol–water partition coefficient (Wildman–Crippen LogP) is 4.37. The van der Waals surface area contributed by atoms with E-state index >= 15 is 0 Å². The van der Waals surface area contributed by atoms with Gasteiger partial charge in [-0.25, -0.2) is 4.79 Å². The first-order valence-electron chi connectivity index (χ1n) is 9.45. The van der Waals surface area contributed by atoms with Gasteiger partial charge in [0.2, 0.25) is 0 Å². The third kappa shape index (κ3) is 3.85. The second-order valence-corrected chi connectivity index (χ2v) is 7.35. The summed E-state index contributed by atoms with van der Waals surface area (Å²) in [5.41, 5.74) is 1.66. The lowest BCUT2D eigenvalue weighted by molar-refractivity contribution is -0.136. The van der Waals surface area contributed by atoms with Gasteiger partial charge < -0.3 is 10.2 Å². The highest BCUT2D eigenvalue weighted by molar-refractivity contribution is 5.90. The van der Waals surface area contributed by atoms with Gasteiger partial charge in [0.25, 0.3) is 0 Å². The van der Waals surface area contributed by atoms with Gasteiger partial charge in [0.05, 0.1) is 11.3 Å². The molecule has 2 aliphatic rings. The topological polar surface area (TPSA) is 35.6 Å². The largest absolute Gasteiger partial charge is 0.418 e. The predicted molar refractivity (Wildman–Crippen MR) is 101 cm³/mol. The summed E-state index contributed by atoms with van der Waals surface area (Å²) in [5.74, 6) is 0. The van der Waals surface area contributed by atoms with Gasteiger partial charge in [0.15, 0.2) is 0 Å². The highest BCUT2D eigenvalue weighted by Crippen LogP contribution is 2.35. The number of fused-ring (bicyclic) bond motifs is 1. The van der Waals surface area contributed by atoms with Crippen molar-refractivity contribution in [1.82, 2.24) is 9.80 Å². The van der Waals surface area contributed by atoms with Crippen molar-refractivity contribution in [2.45, 2.75) is 31.6 Å². The van der Waals surface area contributed by atoms with Gasteiger partial charge in [0.1, 0.15) is 0 Å². The number of alkyl halides is 3. The molecule has 148 valence electrons. The van der Waals surface area contributed by atoms with Crippen molar-refractivity contribution in [3.8, 4) is 0 Å². The molecule has 2 aromatic rings. The molecule has 1 unspecified atom stereocenters. The summed E-state index contributed by atoms with van der Waals surface area (Å²) < 4.78 is 39.4. The van der Waals surface area contributed by atoms with E-state index in [0.29, 0.717) is 13.1 Å². The second kappa shape index (κ2) is 7.47. The zero-order valence-corrected chi connectivity index (χ0v) is 15.4. The average molecular weight is 389 g/mol. The Labute approximate surface area is 161 Å². The SMILES string of the molecule is O=C(Nc1ccccc1C(F)(F)F)N1CCC(N2CCc3ccccc3C2)C1. The van der Waals surface area contributed by atoms with Crippen molar-refractivity contribution in [1.29, 1.82) is 0 Å². The Morgan fingerprint density at radius 3 is 2.50 bits per heavy atom. The summed E-state index contributed by atoms with van der Waals surface area (Å²) >= 11 is 0. The fourth-order valence-corrected chi connectivity index (χ4v) is 4.09. The highest BCUT2D eigenvalue weighted by atomic mass is 19.4. The molecule has 0 spiro atoms. The van der Waals surface area contributed by atoms with Crippen molar-refractivity contribution in [2.75, 3.05) is 25.0 Å². The Balaban J connectivity index is 1.39. The zero-order chi connectivity index (χ0) is 19.7. The third-order valence-corrected chi connectivity index (χ3v) is 5.60. The molecule has 0 aromatic heterocycles. The second-order valence-electron chi connectivity index (χ2n) is 7.35. The standard InChI is InChI=1S/C21H22F3N3O/c22-21(23,24)18-7-3-4-8-19(18)25-20(28)27-12-10-17(14-27)26-11-9-15-5-1-2-6-16(15)13-26/h1-8,17H,9-14H2,(H,25,28). The van der Waals surface area contributed by atoms with Crippen molar-refractivity contribution in [2.24, 2.45) is 0 Å². The molecule has 4 nitrogen and oxygen atoms in total. The van der Waals surface area contributed by atoms with Crippen LogP contribution in [0.5, 0.6) is 0 Å². The van der Waals surface area contributed by atoms with Gasteiger partial charge >= 0.3 is 12.2 Å². The maximum atomic E-state index is 13.1. The molecule has 28 heavy (non-hydrogen) atoms. The molecule has 7 heteroatoms. The number of likely N-dealkylation sites (tertiary alicyclic amines) is 1. The Hall–Kier alpha value is -2.54. The van der Waals surface area contributed by atoms with E-state index in [1.54, 1.807) is 4.90 Å². The van der Waals surface area contributed by atoms with Gasteiger partial charge in [-0.2, -0.15) is 13.2 Å². The Bertz CT molecular complexity index is 868. The van der Waals surface area contributed by atoms with E-state index < -0.39 is 17.8 Å². The first-order chi connectivity index (χ1) is 13.4. The van der Waals surface area contributed by atoms with E-state index in [2.05, 4.69) is 28.4 Å². The molecule has 2 amide bonds. The van der Waals surface area contributed by atoms with Gasteiger partial charge in [-0.3, -0.25) is 4.90 Å². The van der Waals surface area contributed by atoms with E-state index in [-0.39, 0.29) is 11.7 Å². The minimum absolute atomic E-state index is 0.199. The number of hydrogen-bond acceptors (Lipinski definition) is 2. The van der Waals surface area contributed by atoms with Crippen LogP contribution < -0.4 is 5.32 Å². The molecule has 0 bridgehead atoms. The van der Waals surface area contributed by atoms with Crippen LogP contribution >= 0.6 is 0 Å². The Morgan fingerprint density at radius 1 is 1.00 bits per heavy atom. The number of nitrogens with one attached hydrogen (secondary N) is 1. The van der Waals surface area contributed by atoms with Crippen molar-refractivity contribution in [3.63, 3.8) is 0 Å². The monoisotopic (exact) mass is 389 g/mol. The summed E-state index contributed by atoms with van der Waals surface area (Å²) in [6, 6.07) is 13.2. The number of rotatable bonds is 2. The summed E-state index contributed by atoms with van der Waals surface area (Å²) in [6.45, 7) is 2.87. The number of carbonyl (C=O) groups excluding carboxylic acids is 1. The summed E-state index contributed by atoms with van der Waals surface area (Å²) in [7, 11) is 0. The molecule has 2 heterocycles. The molecule has 2 aromatic carbocycles. The lowest BCUT2D eigenvalue weighted by Gasteiger charge is -2.33. The third-order valence-electron chi connectivity index (χ3n) is 5.60. The number of urea groups is 1. The quantitative estimate of drug-likeness (QED) is 0.828. The van der Waals surface area contributed by atoms with E-state index in [0.717, 1.165) is 32.0 Å². The molecule has 2 aliphatic heterocycles. The molecule has 1 atom stereocenters. The molecule has 1 N–H and O–H groups in total. The van der Waals surface area contributed by atoms with Crippen LogP contribution in [0.1, 0.15) is 23.1 Å². The van der Waals surface area contributed by atoms with Gasteiger partial charge in [-0.15, -0.1) is 0 Å². The first kappa shape index (κ1) is 18.8. The lowest BCUT2D eigenvalue weighted by atomic mass is 9.98. The maximum absolute atomic E-state index is 13.1. The summed E-state index contributed by atoms with van der Waals surface area (Å²) in [4.78, 5) is 16.5. The van der Waals surface area contributed by atoms with E-state index in [1.807, 2.05) is 6.07 Å². The minimum Gasteiger partial charge on any atom is -0.323 e. The molecule has 4 rings (SSSR count). The molecule has 0 radical (unpaired) electrons. The highest BCUT2D eigenvalue weighted by Gasteiger charge is 2.35. The van der Waals surface area contributed by atoms with Crippen molar-refractivity contribution in [3.05, 3.63) is 65.2 Å². The number of amides is 2. The van der Waals surface area contributed by atoms with Crippen molar-refractivity contribution >= 4 is 11.7 Å². The summed E-state index contributed by atoms with van der Waals surface area (Å²) in [6.07, 6.45) is -2.69. The zero-order valence-electron chi connectivity index (χ0n) is 15.4. The number of para-hydroxylation sites is 1. The van der Waals surface area contributed by atoms with E-state index in [9.17, 15) is 18.0 Å². The van der Waals surface area contributed by atoms with Gasteiger partial charge in [-0.05, 0) is 36.1 Å². The smallest absolute Gasteiger partial charge is 0.323 e. The fraction of sp³-hybridized carbons (Fsp3) is 0.381. The number of nitrogens with zero attached hydrogens (tertiary/aromatic N) is 2. The lowest BCUT2D eigenvalue weighted by Crippen LogP contribution is -2.42. The fourth-order valence-electron chi connectivity index (χ4n) is 4.09. The van der Waals surface area contributed by atoms with Crippen LogP contribution in [-0.4, -0.2) is 41.5 Å². The minimum atomic E-state index is -4.50.